The summed E-state index contributed by atoms with van der Waals surface area (Å²) in [5.74, 6) is 4.67. The van der Waals surface area contributed by atoms with Crippen LogP contribution < -0.4 is 16.0 Å². The Kier molecular flexibility index (Phi) is 9.72. The number of carbonyl (C=O) groups excluding carboxylic acids is 5. The summed E-state index contributed by atoms with van der Waals surface area (Å²) in [6.07, 6.45) is 5.80. The van der Waals surface area contributed by atoms with Crippen LogP contribution in [-0.2, 0) is 16.1 Å². The molecule has 0 spiro atoms. The fourth-order valence-electron chi connectivity index (χ4n) is 7.25. The first-order valence-electron chi connectivity index (χ1n) is 18.6. The van der Waals surface area contributed by atoms with Gasteiger partial charge in [-0.05, 0) is 59.7 Å². The average Bonchev–Trinajstić information content (AvgIpc) is 3.80. The lowest BCUT2D eigenvalue weighted by molar-refractivity contribution is -0.136. The molecule has 1 fully saturated rings. The lowest BCUT2D eigenvalue weighted by Crippen LogP contribution is -2.52. The number of hydrogen-bond donors (Lipinski definition) is 3. The molecular formula is C43H37N9O5. The van der Waals surface area contributed by atoms with Gasteiger partial charge in [0.25, 0.3) is 17.7 Å². The van der Waals surface area contributed by atoms with Crippen LogP contribution in [0.25, 0.3) is 38.9 Å². The maximum absolute atomic E-state index is 13.1. The van der Waals surface area contributed by atoms with Gasteiger partial charge in [-0.25, -0.2) is 9.50 Å². The molecule has 0 aliphatic carbocycles. The fraction of sp³-hybridized carbons (Fsp3) is 0.233. The highest BCUT2D eigenvalue weighted by Crippen LogP contribution is 2.33. The van der Waals surface area contributed by atoms with Gasteiger partial charge in [0.1, 0.15) is 17.3 Å². The van der Waals surface area contributed by atoms with Crippen molar-refractivity contribution in [1.82, 2.24) is 45.4 Å². The highest BCUT2D eigenvalue weighted by molar-refractivity contribution is 6.06. The van der Waals surface area contributed by atoms with Gasteiger partial charge in [0.05, 0.1) is 17.6 Å². The van der Waals surface area contributed by atoms with Gasteiger partial charge in [-0.15, -0.1) is 0 Å². The number of amides is 5. The van der Waals surface area contributed by atoms with Crippen LogP contribution in [0.1, 0.15) is 87.1 Å². The lowest BCUT2D eigenvalue weighted by Gasteiger charge is -2.29. The highest BCUT2D eigenvalue weighted by Gasteiger charge is 2.39. The minimum Gasteiger partial charge on any atom is -0.355 e. The lowest BCUT2D eigenvalue weighted by atomic mass is 10.00. The molecule has 2 aliphatic heterocycles. The SMILES string of the molecule is CNC(=O)c1cnn2c(C(C)C)cc(-c3cccc4cc(-c5ccc(C(=O)NCCC#Cc6cccc7c6CN(C6CCC(=O)NC6=O)C7=O)nc5)ncc34)nc12. The number of carbonyl (C=O) groups is 5. The van der Waals surface area contributed by atoms with Crippen molar-refractivity contribution in [3.63, 3.8) is 0 Å². The van der Waals surface area contributed by atoms with E-state index in [-0.39, 0.29) is 61.2 Å². The van der Waals surface area contributed by atoms with Crippen LogP contribution in [0.2, 0.25) is 0 Å². The molecule has 1 atom stereocenters. The number of imide groups is 1. The summed E-state index contributed by atoms with van der Waals surface area (Å²) in [6, 6.07) is 18.0. The van der Waals surface area contributed by atoms with E-state index in [2.05, 4.69) is 51.7 Å². The zero-order valence-electron chi connectivity index (χ0n) is 31.4. The monoisotopic (exact) mass is 759 g/mol. The van der Waals surface area contributed by atoms with Gasteiger partial charge < -0.3 is 15.5 Å². The van der Waals surface area contributed by atoms with Crippen LogP contribution >= 0.6 is 0 Å². The van der Waals surface area contributed by atoms with E-state index in [0.29, 0.717) is 40.1 Å². The molecule has 8 rings (SSSR count). The van der Waals surface area contributed by atoms with E-state index in [1.807, 2.05) is 36.4 Å². The summed E-state index contributed by atoms with van der Waals surface area (Å²) in [5.41, 5.74) is 6.98. The molecule has 4 aromatic heterocycles. The molecule has 0 bridgehead atoms. The molecule has 57 heavy (non-hydrogen) atoms. The van der Waals surface area contributed by atoms with Gasteiger partial charge in [-0.2, -0.15) is 5.10 Å². The number of piperidine rings is 1. The van der Waals surface area contributed by atoms with E-state index in [4.69, 9.17) is 9.97 Å². The van der Waals surface area contributed by atoms with Gasteiger partial charge in [0, 0.05) is 78.7 Å². The summed E-state index contributed by atoms with van der Waals surface area (Å²) in [6.45, 7) is 4.66. The summed E-state index contributed by atoms with van der Waals surface area (Å²) in [7, 11) is 1.58. The van der Waals surface area contributed by atoms with Crippen LogP contribution in [-0.4, -0.2) is 78.6 Å². The Hall–Kier alpha value is -7.27. The Labute approximate surface area is 327 Å². The van der Waals surface area contributed by atoms with Crippen molar-refractivity contribution in [1.29, 1.82) is 0 Å². The van der Waals surface area contributed by atoms with E-state index in [9.17, 15) is 24.0 Å². The molecule has 6 aromatic rings. The molecule has 1 saturated heterocycles. The Balaban J connectivity index is 0.927. The van der Waals surface area contributed by atoms with E-state index in [1.54, 1.807) is 48.2 Å². The molecule has 2 aromatic carbocycles. The van der Waals surface area contributed by atoms with Crippen LogP contribution in [0.4, 0.5) is 0 Å². The minimum absolute atomic E-state index is 0.121. The molecular weight excluding hydrogens is 723 g/mol. The molecule has 5 amide bonds. The molecule has 0 radical (unpaired) electrons. The number of fused-ring (bicyclic) bond motifs is 3. The van der Waals surface area contributed by atoms with Crippen molar-refractivity contribution in [2.45, 2.75) is 51.6 Å². The second kappa shape index (κ2) is 15.1. The second-order valence-corrected chi connectivity index (χ2v) is 14.2. The third-order valence-corrected chi connectivity index (χ3v) is 10.2. The Morgan fingerprint density at radius 1 is 0.947 bits per heavy atom. The molecule has 2 aliphatic rings. The first kappa shape index (κ1) is 36.7. The molecule has 6 heterocycles. The van der Waals surface area contributed by atoms with E-state index in [1.165, 1.54) is 11.1 Å². The fourth-order valence-corrected chi connectivity index (χ4v) is 7.25. The maximum Gasteiger partial charge on any atom is 0.269 e. The zero-order chi connectivity index (χ0) is 39.8. The van der Waals surface area contributed by atoms with Crippen LogP contribution in [0, 0.1) is 11.8 Å². The number of hydrogen-bond acceptors (Lipinski definition) is 9. The van der Waals surface area contributed by atoms with Gasteiger partial charge >= 0.3 is 0 Å². The largest absolute Gasteiger partial charge is 0.355 e. The molecule has 14 heteroatoms. The van der Waals surface area contributed by atoms with Gasteiger partial charge in [0.2, 0.25) is 11.8 Å². The van der Waals surface area contributed by atoms with Gasteiger partial charge in [-0.3, -0.25) is 39.3 Å². The Morgan fingerprint density at radius 3 is 2.54 bits per heavy atom. The van der Waals surface area contributed by atoms with Crippen molar-refractivity contribution < 1.29 is 24.0 Å². The van der Waals surface area contributed by atoms with Crippen LogP contribution in [0.3, 0.4) is 0 Å². The maximum atomic E-state index is 13.1. The quantitative estimate of drug-likeness (QED) is 0.115. The summed E-state index contributed by atoms with van der Waals surface area (Å²) >= 11 is 0. The summed E-state index contributed by atoms with van der Waals surface area (Å²) < 4.78 is 1.72. The van der Waals surface area contributed by atoms with Gasteiger partial charge in [-0.1, -0.05) is 50.0 Å². The molecule has 3 N–H and O–H groups in total. The molecule has 14 nitrogen and oxygen atoms in total. The number of pyridine rings is 2. The number of rotatable bonds is 8. The van der Waals surface area contributed by atoms with E-state index >= 15 is 0 Å². The number of nitrogens with zero attached hydrogens (tertiary/aromatic N) is 6. The minimum atomic E-state index is -0.696. The predicted octanol–water partition coefficient (Wildman–Crippen LogP) is 4.42. The first-order chi connectivity index (χ1) is 27.6. The standard InChI is InChI=1S/C43H37N9O5/c1-24(2)37-19-35(49-39-31(40(54)44-3)22-48-52(37)39)28-11-7-10-26-18-34(47-21-30(26)28)27-13-14-33(46-20-27)41(55)45-17-5-4-8-25-9-6-12-29-32(25)23-51(43(29)57)36-15-16-38(53)50-42(36)56/h6-7,9-14,18-22,24,36H,5,15-17,23H2,1-3H3,(H,44,54)(H,45,55)(H,50,53,56). The Morgan fingerprint density at radius 2 is 1.77 bits per heavy atom. The average molecular weight is 760 g/mol. The third-order valence-electron chi connectivity index (χ3n) is 10.2. The highest BCUT2D eigenvalue weighted by atomic mass is 16.2. The van der Waals surface area contributed by atoms with Gasteiger partial charge in [0.15, 0.2) is 5.65 Å². The molecule has 284 valence electrons. The van der Waals surface area contributed by atoms with Crippen molar-refractivity contribution in [3.05, 3.63) is 113 Å². The number of nitrogens with one attached hydrogen (secondary N) is 3. The Bertz CT molecular complexity index is 2710. The number of aromatic nitrogens is 5. The summed E-state index contributed by atoms with van der Waals surface area (Å²) in [4.78, 5) is 78.2. The van der Waals surface area contributed by atoms with Crippen molar-refractivity contribution in [2.24, 2.45) is 0 Å². The topological polar surface area (TPSA) is 181 Å². The third kappa shape index (κ3) is 6.95. The molecule has 0 saturated carbocycles. The van der Waals surface area contributed by atoms with Crippen LogP contribution in [0.15, 0.2) is 79.3 Å². The number of benzene rings is 2. The molecule has 1 unspecified atom stereocenters. The van der Waals surface area contributed by atoms with E-state index < -0.39 is 11.9 Å². The zero-order valence-corrected chi connectivity index (χ0v) is 31.4. The van der Waals surface area contributed by atoms with Crippen LogP contribution in [0.5, 0.6) is 0 Å². The second-order valence-electron chi connectivity index (χ2n) is 14.2. The normalized spacial score (nSPS) is 15.1. The first-order valence-corrected chi connectivity index (χ1v) is 18.6. The summed E-state index contributed by atoms with van der Waals surface area (Å²) in [5, 5.41) is 14.1. The van der Waals surface area contributed by atoms with Crippen molar-refractivity contribution in [2.75, 3.05) is 13.6 Å². The van der Waals surface area contributed by atoms with E-state index in [0.717, 1.165) is 33.2 Å². The predicted molar refractivity (Wildman–Crippen MR) is 211 cm³/mol. The van der Waals surface area contributed by atoms with Crippen molar-refractivity contribution >= 4 is 46.0 Å². The smallest absolute Gasteiger partial charge is 0.269 e. The van der Waals surface area contributed by atoms with Crippen molar-refractivity contribution in [3.8, 4) is 34.4 Å².